The number of thioether (sulfide) groups is 1. The predicted octanol–water partition coefficient (Wildman–Crippen LogP) is 7.92. The van der Waals surface area contributed by atoms with Crippen LogP contribution in [0.3, 0.4) is 0 Å². The Labute approximate surface area is 292 Å². The number of aromatic nitrogens is 5. The van der Waals surface area contributed by atoms with Crippen LogP contribution in [0.4, 0.5) is 4.39 Å². The lowest BCUT2D eigenvalue weighted by molar-refractivity contribution is 0.0685. The normalized spacial score (nSPS) is 17.0. The van der Waals surface area contributed by atoms with Crippen molar-refractivity contribution >= 4 is 51.0 Å². The molecule has 2 aliphatic rings. The van der Waals surface area contributed by atoms with Crippen molar-refractivity contribution in [2.75, 3.05) is 13.7 Å². The van der Waals surface area contributed by atoms with Crippen LogP contribution in [0.15, 0.2) is 53.4 Å². The highest BCUT2D eigenvalue weighted by atomic mass is 35.5. The molecule has 252 valence electrons. The summed E-state index contributed by atoms with van der Waals surface area (Å²) in [4.78, 5) is 16.1. The molecule has 1 N–H and O–H groups in total. The molecule has 1 atom stereocenters. The molecule has 0 fully saturated rings. The monoisotopic (exact) mass is 698 g/mol. The molecule has 8 bridgehead atoms. The predicted molar refractivity (Wildman–Crippen MR) is 190 cm³/mol. The topological polar surface area (TPSA) is 90.3 Å². The van der Waals surface area contributed by atoms with Gasteiger partial charge in [0.05, 0.1) is 46.0 Å². The lowest BCUT2D eigenvalue weighted by Crippen LogP contribution is -2.24. The molecule has 1 unspecified atom stereocenters. The van der Waals surface area contributed by atoms with E-state index < -0.39 is 5.97 Å². The summed E-state index contributed by atoms with van der Waals surface area (Å²) in [5, 5.41) is 23.3. The highest BCUT2D eigenvalue weighted by Gasteiger charge is 2.35. The Kier molecular flexibility index (Phi) is 7.96. The summed E-state index contributed by atoms with van der Waals surface area (Å²) in [6, 6.07) is 14.7. The van der Waals surface area contributed by atoms with Crippen molar-refractivity contribution in [1.29, 1.82) is 0 Å². The van der Waals surface area contributed by atoms with E-state index >= 15 is 0 Å². The third-order valence-corrected chi connectivity index (χ3v) is 11.3. The molecule has 2 aliphatic heterocycles. The Hall–Kier alpha value is -4.32. The molecular weight excluding hydrogens is 663 g/mol. The second-order valence-electron chi connectivity index (χ2n) is 13.1. The molecule has 0 radical (unpaired) electrons. The maximum Gasteiger partial charge on any atom is 0.352 e. The van der Waals surface area contributed by atoms with Crippen molar-refractivity contribution in [3.63, 3.8) is 0 Å². The molecule has 0 saturated heterocycles. The number of ether oxygens (including phenoxy) is 1. The van der Waals surface area contributed by atoms with Gasteiger partial charge in [-0.1, -0.05) is 17.7 Å². The molecule has 12 heteroatoms. The maximum atomic E-state index is 14.3. The summed E-state index contributed by atoms with van der Waals surface area (Å²) in [7, 11) is 5.91. The molecule has 3 aromatic heterocycles. The number of carboxylic acids is 1. The highest BCUT2D eigenvalue weighted by Crippen LogP contribution is 2.46. The highest BCUT2D eigenvalue weighted by molar-refractivity contribution is 7.98. The Balaban J connectivity index is 1.29. The van der Waals surface area contributed by atoms with E-state index in [1.807, 2.05) is 42.9 Å². The Morgan fingerprint density at radius 2 is 1.88 bits per heavy atom. The first kappa shape index (κ1) is 31.9. The van der Waals surface area contributed by atoms with Crippen LogP contribution in [0.5, 0.6) is 5.75 Å². The van der Waals surface area contributed by atoms with Gasteiger partial charge in [0, 0.05) is 59.7 Å². The van der Waals surface area contributed by atoms with Gasteiger partial charge < -0.3 is 14.4 Å². The number of aryl methyl sites for hydroxylation is 5. The van der Waals surface area contributed by atoms with Crippen molar-refractivity contribution in [2.45, 2.75) is 56.0 Å². The smallest absolute Gasteiger partial charge is 0.352 e. The minimum Gasteiger partial charge on any atom is -0.493 e. The minimum atomic E-state index is -0.992. The van der Waals surface area contributed by atoms with Gasteiger partial charge in [-0.2, -0.15) is 10.2 Å². The van der Waals surface area contributed by atoms with Gasteiger partial charge in [0.15, 0.2) is 0 Å². The van der Waals surface area contributed by atoms with E-state index in [9.17, 15) is 14.3 Å². The molecule has 49 heavy (non-hydrogen) atoms. The van der Waals surface area contributed by atoms with Gasteiger partial charge in [0.1, 0.15) is 17.3 Å². The quantitative estimate of drug-likeness (QED) is 0.187. The zero-order chi connectivity index (χ0) is 34.1. The maximum absolute atomic E-state index is 14.3. The lowest BCUT2D eigenvalue weighted by Gasteiger charge is -2.25. The third kappa shape index (κ3) is 5.39. The summed E-state index contributed by atoms with van der Waals surface area (Å²) in [6.07, 6.45) is 1.95. The van der Waals surface area contributed by atoms with E-state index in [4.69, 9.17) is 26.5 Å². The number of aromatic carboxylic acids is 1. The number of rotatable bonds is 1. The fourth-order valence-electron chi connectivity index (χ4n) is 7.82. The van der Waals surface area contributed by atoms with Crippen molar-refractivity contribution in [3.8, 4) is 16.9 Å². The summed E-state index contributed by atoms with van der Waals surface area (Å²) in [5.41, 5.74) is 7.55. The van der Waals surface area contributed by atoms with Crippen molar-refractivity contribution in [2.24, 2.45) is 14.1 Å². The van der Waals surface area contributed by atoms with Crippen molar-refractivity contribution in [3.05, 3.63) is 93.4 Å². The van der Waals surface area contributed by atoms with Gasteiger partial charge >= 0.3 is 5.97 Å². The summed E-state index contributed by atoms with van der Waals surface area (Å²) >= 11 is 8.70. The van der Waals surface area contributed by atoms with Crippen LogP contribution in [0.2, 0.25) is 5.02 Å². The van der Waals surface area contributed by atoms with Crippen LogP contribution in [-0.2, 0) is 39.4 Å². The Bertz CT molecular complexity index is 2310. The van der Waals surface area contributed by atoms with Crippen molar-refractivity contribution < 1.29 is 19.0 Å². The van der Waals surface area contributed by atoms with E-state index in [2.05, 4.69) is 22.7 Å². The number of nitrogens with zero attached hydrogens (tertiary/aromatic N) is 6. The van der Waals surface area contributed by atoms with E-state index in [0.29, 0.717) is 42.5 Å². The second-order valence-corrected chi connectivity index (χ2v) is 14.5. The molecule has 0 aliphatic carbocycles. The Morgan fingerprint density at radius 3 is 2.69 bits per heavy atom. The average molecular weight is 699 g/mol. The number of hydrogen-bond acceptors (Lipinski definition) is 6. The molecule has 0 spiro atoms. The third-order valence-electron chi connectivity index (χ3n) is 9.99. The molecule has 5 heterocycles. The van der Waals surface area contributed by atoms with E-state index in [1.54, 1.807) is 29.4 Å². The van der Waals surface area contributed by atoms with Crippen LogP contribution in [0.1, 0.15) is 57.7 Å². The van der Waals surface area contributed by atoms with E-state index in [-0.39, 0.29) is 17.6 Å². The molecule has 0 amide bonds. The fourth-order valence-corrected chi connectivity index (χ4v) is 8.92. The Morgan fingerprint density at radius 1 is 1.06 bits per heavy atom. The standard InChI is InChI=1S/C37H36ClFN6O3S/c1-20-32-33-29(38)10-9-28-27(35(37(46)47)43(3)34(28)33)6-5-13-48-31-17-25(15-21-14-22(39)7-8-26(21)31)49-19-23-16-24(44(4)41-23)18-42(2)30-11-12-45(40-20)36(30)32/h7-10,14-17,30H,5-6,11-13,18-19H2,1-4H3,(H,46,47). The molecule has 0 saturated carbocycles. The van der Waals surface area contributed by atoms with Crippen LogP contribution in [-0.4, -0.2) is 53.8 Å². The summed E-state index contributed by atoms with van der Waals surface area (Å²) in [5.74, 6) is 0.0167. The first-order chi connectivity index (χ1) is 23.6. The number of hydrogen-bond donors (Lipinski definition) is 1. The number of benzene rings is 3. The zero-order valence-corrected chi connectivity index (χ0v) is 29.3. The summed E-state index contributed by atoms with van der Waals surface area (Å²) in [6.45, 7) is 3.81. The second kappa shape index (κ2) is 12.2. The first-order valence-corrected chi connectivity index (χ1v) is 17.8. The molecular formula is C37H36ClFN6O3S. The van der Waals surface area contributed by atoms with E-state index in [1.165, 1.54) is 12.1 Å². The number of halogens is 2. The van der Waals surface area contributed by atoms with Gasteiger partial charge in [-0.15, -0.1) is 11.8 Å². The van der Waals surface area contributed by atoms with Gasteiger partial charge in [-0.05, 0) is 86.6 Å². The molecule has 8 rings (SSSR count). The molecule has 6 aromatic rings. The van der Waals surface area contributed by atoms with Crippen LogP contribution in [0, 0.1) is 12.7 Å². The summed E-state index contributed by atoms with van der Waals surface area (Å²) < 4.78 is 26.5. The van der Waals surface area contributed by atoms with Gasteiger partial charge in [0.25, 0.3) is 0 Å². The molecule has 9 nitrogen and oxygen atoms in total. The van der Waals surface area contributed by atoms with Gasteiger partial charge in [0.2, 0.25) is 0 Å². The number of carbonyl (C=O) groups is 1. The largest absolute Gasteiger partial charge is 0.493 e. The minimum absolute atomic E-state index is 0.0663. The number of fused-ring (bicyclic) bond motifs is 7. The fraction of sp³-hybridized carbons (Fsp3) is 0.324. The van der Waals surface area contributed by atoms with Crippen LogP contribution >= 0.6 is 23.4 Å². The average Bonchev–Trinajstić information content (AvgIpc) is 3.78. The van der Waals surface area contributed by atoms with Gasteiger partial charge in [-0.25, -0.2) is 9.18 Å². The van der Waals surface area contributed by atoms with Crippen LogP contribution in [0.25, 0.3) is 32.8 Å². The molecule has 3 aromatic carbocycles. The first-order valence-electron chi connectivity index (χ1n) is 16.4. The van der Waals surface area contributed by atoms with Crippen molar-refractivity contribution in [1.82, 2.24) is 29.0 Å². The lowest BCUT2D eigenvalue weighted by atomic mass is 9.95. The SMILES string of the molecule is Cc1nn2c3c1-c1c(Cl)ccc4c(c(C(=O)O)n(C)c14)CCCOc1cc(cc4cc(F)ccc14)SCc1cc(n(C)n1)CN(C)C3CC2. The zero-order valence-electron chi connectivity index (χ0n) is 27.8. The van der Waals surface area contributed by atoms with Gasteiger partial charge in [-0.3, -0.25) is 14.3 Å². The number of carboxylic acid groups (broad SMARTS) is 1. The van der Waals surface area contributed by atoms with E-state index in [0.717, 1.165) is 79.0 Å². The van der Waals surface area contributed by atoms with Crippen LogP contribution < -0.4 is 4.74 Å².